The standard InChI is InChI=1S/C10H11N3O/c1-8-9(5-14)3-2-4-10(8)13-6-11-12-7-13/h2-4,6-7,14H,5H2,1H3. The lowest BCUT2D eigenvalue weighted by Crippen LogP contribution is -1.97. The molecule has 1 N–H and O–H groups in total. The second-order valence-electron chi connectivity index (χ2n) is 3.09. The van der Waals surface area contributed by atoms with Gasteiger partial charge in [-0.1, -0.05) is 12.1 Å². The van der Waals surface area contributed by atoms with Crippen LogP contribution in [-0.2, 0) is 6.61 Å². The lowest BCUT2D eigenvalue weighted by Gasteiger charge is -2.08. The minimum absolute atomic E-state index is 0.0573. The van der Waals surface area contributed by atoms with Crippen molar-refractivity contribution < 1.29 is 5.11 Å². The number of rotatable bonds is 2. The number of hydrogen-bond acceptors (Lipinski definition) is 3. The molecule has 0 spiro atoms. The first-order chi connectivity index (χ1) is 6.83. The SMILES string of the molecule is Cc1c(CO)cccc1-n1cnnc1. The van der Waals surface area contributed by atoms with Gasteiger partial charge in [-0.3, -0.25) is 4.57 Å². The van der Waals surface area contributed by atoms with E-state index >= 15 is 0 Å². The van der Waals surface area contributed by atoms with Crippen molar-refractivity contribution in [3.8, 4) is 5.69 Å². The molecule has 4 nitrogen and oxygen atoms in total. The maximum Gasteiger partial charge on any atom is 0.123 e. The summed E-state index contributed by atoms with van der Waals surface area (Å²) in [5.74, 6) is 0. The van der Waals surface area contributed by atoms with Gasteiger partial charge in [0.1, 0.15) is 12.7 Å². The van der Waals surface area contributed by atoms with Crippen molar-refractivity contribution in [1.82, 2.24) is 14.8 Å². The Morgan fingerprint density at radius 2 is 2.00 bits per heavy atom. The maximum atomic E-state index is 9.10. The zero-order valence-electron chi connectivity index (χ0n) is 7.88. The molecule has 1 aromatic heterocycles. The Morgan fingerprint density at radius 1 is 1.29 bits per heavy atom. The first kappa shape index (κ1) is 8.90. The summed E-state index contributed by atoms with van der Waals surface area (Å²) in [5, 5.41) is 16.6. The van der Waals surface area contributed by atoms with Crippen LogP contribution in [0.15, 0.2) is 30.9 Å². The van der Waals surface area contributed by atoms with Crippen molar-refractivity contribution in [1.29, 1.82) is 0 Å². The summed E-state index contributed by atoms with van der Waals surface area (Å²) in [6.45, 7) is 2.03. The van der Waals surface area contributed by atoms with Crippen LogP contribution in [0.2, 0.25) is 0 Å². The van der Waals surface area contributed by atoms with Gasteiger partial charge in [0.05, 0.1) is 12.3 Å². The molecular formula is C10H11N3O. The lowest BCUT2D eigenvalue weighted by molar-refractivity contribution is 0.281. The number of hydrogen-bond donors (Lipinski definition) is 1. The fourth-order valence-electron chi connectivity index (χ4n) is 1.45. The largest absolute Gasteiger partial charge is 0.392 e. The zero-order chi connectivity index (χ0) is 9.97. The van der Waals surface area contributed by atoms with Crippen LogP contribution in [0.3, 0.4) is 0 Å². The Hall–Kier alpha value is -1.68. The third-order valence-electron chi connectivity index (χ3n) is 2.28. The molecule has 0 aliphatic carbocycles. The summed E-state index contributed by atoms with van der Waals surface area (Å²) in [4.78, 5) is 0. The summed E-state index contributed by atoms with van der Waals surface area (Å²) in [6, 6.07) is 5.79. The van der Waals surface area contributed by atoms with E-state index in [0.29, 0.717) is 0 Å². The van der Waals surface area contributed by atoms with Crippen LogP contribution in [0, 0.1) is 6.92 Å². The van der Waals surface area contributed by atoms with E-state index in [1.165, 1.54) is 0 Å². The highest BCUT2D eigenvalue weighted by Crippen LogP contribution is 2.17. The third-order valence-corrected chi connectivity index (χ3v) is 2.28. The highest BCUT2D eigenvalue weighted by atomic mass is 16.3. The van der Waals surface area contributed by atoms with Crippen LogP contribution >= 0.6 is 0 Å². The van der Waals surface area contributed by atoms with Crippen LogP contribution in [0.25, 0.3) is 5.69 Å². The molecule has 0 atom stereocenters. The van der Waals surface area contributed by atoms with E-state index in [2.05, 4.69) is 10.2 Å². The number of aliphatic hydroxyl groups is 1. The normalized spacial score (nSPS) is 10.4. The van der Waals surface area contributed by atoms with E-state index in [1.54, 1.807) is 12.7 Å². The van der Waals surface area contributed by atoms with Crippen LogP contribution < -0.4 is 0 Å². The fourth-order valence-corrected chi connectivity index (χ4v) is 1.45. The number of nitrogens with zero attached hydrogens (tertiary/aromatic N) is 3. The Bertz CT molecular complexity index is 423. The zero-order valence-corrected chi connectivity index (χ0v) is 7.88. The molecule has 0 radical (unpaired) electrons. The third kappa shape index (κ3) is 1.40. The van der Waals surface area contributed by atoms with Gasteiger partial charge in [-0.15, -0.1) is 10.2 Å². The molecule has 2 rings (SSSR count). The van der Waals surface area contributed by atoms with Crippen LogP contribution in [-0.4, -0.2) is 19.9 Å². The van der Waals surface area contributed by atoms with Crippen molar-refractivity contribution in [3.63, 3.8) is 0 Å². The molecule has 14 heavy (non-hydrogen) atoms. The van der Waals surface area contributed by atoms with E-state index in [-0.39, 0.29) is 6.61 Å². The smallest absolute Gasteiger partial charge is 0.123 e. The number of aromatic nitrogens is 3. The molecule has 1 heterocycles. The highest BCUT2D eigenvalue weighted by Gasteiger charge is 2.04. The molecule has 2 aromatic rings. The van der Waals surface area contributed by atoms with E-state index in [1.807, 2.05) is 29.7 Å². The van der Waals surface area contributed by atoms with Crippen molar-refractivity contribution in [2.45, 2.75) is 13.5 Å². The van der Waals surface area contributed by atoms with Gasteiger partial charge in [0.15, 0.2) is 0 Å². The van der Waals surface area contributed by atoms with Crippen molar-refractivity contribution in [2.75, 3.05) is 0 Å². The second-order valence-corrected chi connectivity index (χ2v) is 3.09. The lowest BCUT2D eigenvalue weighted by atomic mass is 10.1. The van der Waals surface area contributed by atoms with Gasteiger partial charge in [-0.25, -0.2) is 0 Å². The summed E-state index contributed by atoms with van der Waals surface area (Å²) in [6.07, 6.45) is 3.28. The minimum Gasteiger partial charge on any atom is -0.392 e. The van der Waals surface area contributed by atoms with Gasteiger partial charge < -0.3 is 5.11 Å². The van der Waals surface area contributed by atoms with Crippen LogP contribution in [0.4, 0.5) is 0 Å². The minimum atomic E-state index is 0.0573. The Kier molecular flexibility index (Phi) is 2.28. The first-order valence-corrected chi connectivity index (χ1v) is 4.37. The molecule has 0 aliphatic heterocycles. The van der Waals surface area contributed by atoms with Gasteiger partial charge >= 0.3 is 0 Å². The molecule has 0 bridgehead atoms. The van der Waals surface area contributed by atoms with Gasteiger partial charge in [-0.2, -0.15) is 0 Å². The number of benzene rings is 1. The van der Waals surface area contributed by atoms with E-state index in [0.717, 1.165) is 16.8 Å². The average Bonchev–Trinajstić information content (AvgIpc) is 2.71. The van der Waals surface area contributed by atoms with Crippen molar-refractivity contribution in [3.05, 3.63) is 42.0 Å². The summed E-state index contributed by atoms with van der Waals surface area (Å²) >= 11 is 0. The Balaban J connectivity index is 2.54. The van der Waals surface area contributed by atoms with Gasteiger partial charge in [0.25, 0.3) is 0 Å². The summed E-state index contributed by atoms with van der Waals surface area (Å²) in [7, 11) is 0. The van der Waals surface area contributed by atoms with Gasteiger partial charge in [-0.05, 0) is 24.1 Å². The molecule has 0 saturated heterocycles. The fraction of sp³-hybridized carbons (Fsp3) is 0.200. The second kappa shape index (κ2) is 3.59. The molecule has 1 aromatic carbocycles. The molecule has 0 amide bonds. The topological polar surface area (TPSA) is 50.9 Å². The Morgan fingerprint density at radius 3 is 2.64 bits per heavy atom. The quantitative estimate of drug-likeness (QED) is 0.768. The predicted octanol–water partition coefficient (Wildman–Crippen LogP) is 1.07. The van der Waals surface area contributed by atoms with Crippen LogP contribution in [0.5, 0.6) is 0 Å². The number of aliphatic hydroxyl groups excluding tert-OH is 1. The molecule has 0 aliphatic rings. The van der Waals surface area contributed by atoms with E-state index in [4.69, 9.17) is 5.11 Å². The first-order valence-electron chi connectivity index (χ1n) is 4.37. The Labute approximate surface area is 81.8 Å². The molecule has 0 unspecified atom stereocenters. The molecule has 0 saturated carbocycles. The molecule has 0 fully saturated rings. The van der Waals surface area contributed by atoms with Crippen molar-refractivity contribution in [2.24, 2.45) is 0 Å². The monoisotopic (exact) mass is 189 g/mol. The average molecular weight is 189 g/mol. The van der Waals surface area contributed by atoms with Crippen molar-refractivity contribution >= 4 is 0 Å². The van der Waals surface area contributed by atoms with Gasteiger partial charge in [0, 0.05) is 0 Å². The van der Waals surface area contributed by atoms with Crippen LogP contribution in [0.1, 0.15) is 11.1 Å². The maximum absolute atomic E-state index is 9.10. The molecule has 72 valence electrons. The predicted molar refractivity (Wildman–Crippen MR) is 52.0 cm³/mol. The van der Waals surface area contributed by atoms with Gasteiger partial charge in [0.2, 0.25) is 0 Å². The van der Waals surface area contributed by atoms with E-state index in [9.17, 15) is 0 Å². The summed E-state index contributed by atoms with van der Waals surface area (Å²) in [5.41, 5.74) is 2.98. The molecular weight excluding hydrogens is 178 g/mol. The molecule has 4 heteroatoms. The van der Waals surface area contributed by atoms with E-state index < -0.39 is 0 Å². The summed E-state index contributed by atoms with van der Waals surface area (Å²) < 4.78 is 1.83. The highest BCUT2D eigenvalue weighted by molar-refractivity contribution is 5.44.